The van der Waals surface area contributed by atoms with E-state index in [1.165, 1.54) is 0 Å². The second-order valence-corrected chi connectivity index (χ2v) is 6.96. The van der Waals surface area contributed by atoms with Crippen LogP contribution < -0.4 is 4.74 Å². The Morgan fingerprint density at radius 3 is 2.35 bits per heavy atom. The van der Waals surface area contributed by atoms with Gasteiger partial charge in [0.1, 0.15) is 5.75 Å². The van der Waals surface area contributed by atoms with Crippen molar-refractivity contribution in [1.82, 2.24) is 4.90 Å². The van der Waals surface area contributed by atoms with Crippen LogP contribution in [0.25, 0.3) is 0 Å². The molecule has 0 saturated carbocycles. The van der Waals surface area contributed by atoms with E-state index in [2.05, 4.69) is 15.9 Å². The van der Waals surface area contributed by atoms with Gasteiger partial charge in [0, 0.05) is 22.5 Å². The third kappa shape index (κ3) is 5.59. The number of amides is 1. The molecular formula is C18H20BrNO2S. The Morgan fingerprint density at radius 1 is 1.13 bits per heavy atom. The minimum Gasteiger partial charge on any atom is -0.497 e. The van der Waals surface area contributed by atoms with Gasteiger partial charge in [0.25, 0.3) is 0 Å². The Labute approximate surface area is 150 Å². The van der Waals surface area contributed by atoms with Crippen molar-refractivity contribution in [3.05, 3.63) is 58.6 Å². The van der Waals surface area contributed by atoms with Gasteiger partial charge in [0.2, 0.25) is 5.91 Å². The van der Waals surface area contributed by atoms with Gasteiger partial charge in [-0.15, -0.1) is 11.8 Å². The van der Waals surface area contributed by atoms with Crippen LogP contribution in [0.3, 0.4) is 0 Å². The van der Waals surface area contributed by atoms with Gasteiger partial charge < -0.3 is 9.64 Å². The maximum absolute atomic E-state index is 12.4. The molecule has 0 heterocycles. The molecular weight excluding hydrogens is 374 g/mol. The number of carbonyl (C=O) groups is 1. The summed E-state index contributed by atoms with van der Waals surface area (Å²) in [6.45, 7) is 3.33. The molecule has 0 fully saturated rings. The quantitative estimate of drug-likeness (QED) is 0.643. The summed E-state index contributed by atoms with van der Waals surface area (Å²) >= 11 is 4.98. The van der Waals surface area contributed by atoms with Gasteiger partial charge in [0.05, 0.1) is 12.9 Å². The molecule has 2 aromatic rings. The van der Waals surface area contributed by atoms with Crippen LogP contribution in [0.1, 0.15) is 12.5 Å². The minimum atomic E-state index is 0.149. The molecule has 0 spiro atoms. The molecule has 3 nitrogen and oxygen atoms in total. The Hall–Kier alpha value is -1.46. The number of carbonyl (C=O) groups excluding carboxylic acids is 1. The fourth-order valence-electron chi connectivity index (χ4n) is 2.09. The Kier molecular flexibility index (Phi) is 6.99. The first-order valence-electron chi connectivity index (χ1n) is 7.41. The molecule has 2 rings (SSSR count). The number of nitrogens with zero attached hydrogens (tertiary/aromatic N) is 1. The predicted octanol–water partition coefficient (Wildman–Crippen LogP) is 4.60. The van der Waals surface area contributed by atoms with Gasteiger partial charge in [-0.05, 0) is 48.9 Å². The van der Waals surface area contributed by atoms with E-state index in [0.717, 1.165) is 20.7 Å². The largest absolute Gasteiger partial charge is 0.497 e. The van der Waals surface area contributed by atoms with Crippen LogP contribution in [0.2, 0.25) is 0 Å². The molecule has 0 aromatic heterocycles. The second kappa shape index (κ2) is 8.99. The first kappa shape index (κ1) is 17.9. The molecule has 0 saturated heterocycles. The SMILES string of the molecule is CCN(Cc1ccc(OC)cc1)C(=O)CSc1ccc(Br)cc1. The summed E-state index contributed by atoms with van der Waals surface area (Å²) in [6.07, 6.45) is 0. The van der Waals surface area contributed by atoms with E-state index in [0.29, 0.717) is 18.8 Å². The third-order valence-electron chi connectivity index (χ3n) is 3.44. The smallest absolute Gasteiger partial charge is 0.233 e. The zero-order chi connectivity index (χ0) is 16.7. The summed E-state index contributed by atoms with van der Waals surface area (Å²) < 4.78 is 6.20. The highest BCUT2D eigenvalue weighted by Gasteiger charge is 2.12. The molecule has 0 aliphatic rings. The highest BCUT2D eigenvalue weighted by Crippen LogP contribution is 2.21. The Bertz CT molecular complexity index is 628. The van der Waals surface area contributed by atoms with Crippen molar-refractivity contribution < 1.29 is 9.53 Å². The number of benzene rings is 2. The minimum absolute atomic E-state index is 0.149. The highest BCUT2D eigenvalue weighted by molar-refractivity contribution is 9.10. The van der Waals surface area contributed by atoms with Gasteiger partial charge in [-0.1, -0.05) is 28.1 Å². The number of methoxy groups -OCH3 is 1. The molecule has 23 heavy (non-hydrogen) atoms. The van der Waals surface area contributed by atoms with Crippen LogP contribution in [0.5, 0.6) is 5.75 Å². The Morgan fingerprint density at radius 2 is 1.78 bits per heavy atom. The lowest BCUT2D eigenvalue weighted by molar-refractivity contribution is -0.128. The van der Waals surface area contributed by atoms with Crippen molar-refractivity contribution >= 4 is 33.6 Å². The number of thioether (sulfide) groups is 1. The molecule has 0 bridgehead atoms. The summed E-state index contributed by atoms with van der Waals surface area (Å²) in [6, 6.07) is 15.8. The topological polar surface area (TPSA) is 29.5 Å². The fourth-order valence-corrected chi connectivity index (χ4v) is 3.16. The van der Waals surface area contributed by atoms with Crippen molar-refractivity contribution in [3.63, 3.8) is 0 Å². The number of ether oxygens (including phenoxy) is 1. The molecule has 1 amide bonds. The van der Waals surface area contributed by atoms with E-state index in [1.807, 2.05) is 60.4 Å². The monoisotopic (exact) mass is 393 g/mol. The van der Waals surface area contributed by atoms with E-state index in [-0.39, 0.29) is 5.91 Å². The van der Waals surface area contributed by atoms with Crippen molar-refractivity contribution in [3.8, 4) is 5.75 Å². The van der Waals surface area contributed by atoms with E-state index in [4.69, 9.17) is 4.74 Å². The third-order valence-corrected chi connectivity index (χ3v) is 4.97. The van der Waals surface area contributed by atoms with Crippen molar-refractivity contribution in [2.45, 2.75) is 18.4 Å². The average molecular weight is 394 g/mol. The number of halogens is 1. The molecule has 5 heteroatoms. The summed E-state index contributed by atoms with van der Waals surface area (Å²) in [7, 11) is 1.65. The molecule has 0 aliphatic carbocycles. The van der Waals surface area contributed by atoms with Gasteiger partial charge >= 0.3 is 0 Å². The van der Waals surface area contributed by atoms with Gasteiger partial charge in [0.15, 0.2) is 0 Å². The van der Waals surface area contributed by atoms with Crippen LogP contribution in [0.15, 0.2) is 57.9 Å². The predicted molar refractivity (Wildman–Crippen MR) is 99.0 cm³/mol. The number of hydrogen-bond donors (Lipinski definition) is 0. The van der Waals surface area contributed by atoms with E-state index in [9.17, 15) is 4.79 Å². The van der Waals surface area contributed by atoms with Crippen molar-refractivity contribution in [2.75, 3.05) is 19.4 Å². The van der Waals surface area contributed by atoms with Crippen LogP contribution in [-0.2, 0) is 11.3 Å². The molecule has 0 aliphatic heterocycles. The molecule has 0 unspecified atom stereocenters. The van der Waals surface area contributed by atoms with E-state index in [1.54, 1.807) is 18.9 Å². The Balaban J connectivity index is 1.90. The molecule has 0 radical (unpaired) electrons. The van der Waals surface area contributed by atoms with E-state index >= 15 is 0 Å². The molecule has 2 aromatic carbocycles. The normalized spacial score (nSPS) is 10.4. The summed E-state index contributed by atoms with van der Waals surface area (Å²) in [5, 5.41) is 0. The van der Waals surface area contributed by atoms with Crippen LogP contribution in [0, 0.1) is 0 Å². The lowest BCUT2D eigenvalue weighted by Crippen LogP contribution is -2.31. The maximum Gasteiger partial charge on any atom is 0.233 e. The highest BCUT2D eigenvalue weighted by atomic mass is 79.9. The van der Waals surface area contributed by atoms with Gasteiger partial charge in [-0.25, -0.2) is 0 Å². The van der Waals surface area contributed by atoms with Gasteiger partial charge in [-0.3, -0.25) is 4.79 Å². The maximum atomic E-state index is 12.4. The first-order valence-corrected chi connectivity index (χ1v) is 9.19. The lowest BCUT2D eigenvalue weighted by atomic mass is 10.2. The molecule has 0 atom stereocenters. The number of hydrogen-bond acceptors (Lipinski definition) is 3. The van der Waals surface area contributed by atoms with Crippen molar-refractivity contribution in [2.24, 2.45) is 0 Å². The van der Waals surface area contributed by atoms with Crippen LogP contribution >= 0.6 is 27.7 Å². The molecule has 122 valence electrons. The second-order valence-electron chi connectivity index (χ2n) is 5.00. The average Bonchev–Trinajstić information content (AvgIpc) is 2.59. The van der Waals surface area contributed by atoms with E-state index < -0.39 is 0 Å². The first-order chi connectivity index (χ1) is 11.1. The summed E-state index contributed by atoms with van der Waals surface area (Å²) in [4.78, 5) is 15.4. The van der Waals surface area contributed by atoms with Crippen molar-refractivity contribution in [1.29, 1.82) is 0 Å². The zero-order valence-electron chi connectivity index (χ0n) is 13.3. The van der Waals surface area contributed by atoms with Crippen LogP contribution in [0.4, 0.5) is 0 Å². The zero-order valence-corrected chi connectivity index (χ0v) is 15.7. The van der Waals surface area contributed by atoms with Gasteiger partial charge in [-0.2, -0.15) is 0 Å². The molecule has 0 N–H and O–H groups in total. The number of rotatable bonds is 7. The standard InChI is InChI=1S/C18H20BrNO2S/c1-3-20(12-14-4-8-16(22-2)9-5-14)18(21)13-23-17-10-6-15(19)7-11-17/h4-11H,3,12-13H2,1-2H3. The lowest BCUT2D eigenvalue weighted by Gasteiger charge is -2.21. The fraction of sp³-hybridized carbons (Fsp3) is 0.278. The summed E-state index contributed by atoms with van der Waals surface area (Å²) in [5.74, 6) is 1.43. The van der Waals surface area contributed by atoms with Crippen LogP contribution in [-0.4, -0.2) is 30.2 Å². The summed E-state index contributed by atoms with van der Waals surface area (Å²) in [5.41, 5.74) is 1.11.